The number of benzene rings is 3. The van der Waals surface area contributed by atoms with E-state index >= 15 is 0 Å². The van der Waals surface area contributed by atoms with Gasteiger partial charge in [0.15, 0.2) is 11.5 Å². The van der Waals surface area contributed by atoms with Crippen LogP contribution in [0, 0.1) is 21.8 Å². The van der Waals surface area contributed by atoms with Gasteiger partial charge >= 0.3 is 5.97 Å². The second-order valence-electron chi connectivity index (χ2n) is 7.50. The number of rotatable bonds is 8. The predicted molar refractivity (Wildman–Crippen MR) is 141 cm³/mol. The van der Waals surface area contributed by atoms with E-state index in [1.165, 1.54) is 38.0 Å². The maximum atomic E-state index is 12.7. The van der Waals surface area contributed by atoms with Gasteiger partial charge in [-0.25, -0.2) is 4.79 Å². The summed E-state index contributed by atoms with van der Waals surface area (Å²) < 4.78 is 16.9. The molecule has 0 heterocycles. The third-order valence-corrected chi connectivity index (χ3v) is 5.80. The SMILES string of the molecule is COC(=O)c1ccc(NC(=O)/C(C#N)=C/c2cc(I)c(OCc3ccc(C)cc3)c(OC)c2)cc1. The highest BCUT2D eigenvalue weighted by atomic mass is 127. The van der Waals surface area contributed by atoms with E-state index in [1.54, 1.807) is 18.2 Å². The average Bonchev–Trinajstić information content (AvgIpc) is 2.87. The van der Waals surface area contributed by atoms with E-state index in [0.717, 1.165) is 9.13 Å². The summed E-state index contributed by atoms with van der Waals surface area (Å²) in [4.78, 5) is 24.2. The fraction of sp³-hybridized carbons (Fsp3) is 0.148. The van der Waals surface area contributed by atoms with Gasteiger partial charge in [0.05, 0.1) is 23.4 Å². The molecular weight excluding hydrogens is 559 g/mol. The van der Waals surface area contributed by atoms with E-state index in [9.17, 15) is 14.9 Å². The number of halogens is 1. The molecule has 0 aliphatic heterocycles. The molecule has 3 rings (SSSR count). The lowest BCUT2D eigenvalue weighted by molar-refractivity contribution is -0.112. The third-order valence-electron chi connectivity index (χ3n) is 5.00. The topological polar surface area (TPSA) is 97.7 Å². The van der Waals surface area contributed by atoms with Crippen LogP contribution in [-0.4, -0.2) is 26.1 Å². The van der Waals surface area contributed by atoms with Crippen molar-refractivity contribution in [3.63, 3.8) is 0 Å². The van der Waals surface area contributed by atoms with Gasteiger partial charge in [0.2, 0.25) is 0 Å². The molecule has 178 valence electrons. The summed E-state index contributed by atoms with van der Waals surface area (Å²) in [5.74, 6) is 0.0214. The van der Waals surface area contributed by atoms with Crippen LogP contribution in [0.4, 0.5) is 5.69 Å². The van der Waals surface area contributed by atoms with Crippen LogP contribution >= 0.6 is 22.6 Å². The van der Waals surface area contributed by atoms with Gasteiger partial charge in [0.1, 0.15) is 18.2 Å². The molecule has 7 nitrogen and oxygen atoms in total. The second-order valence-corrected chi connectivity index (χ2v) is 8.66. The number of aryl methyl sites for hydroxylation is 1. The van der Waals surface area contributed by atoms with Crippen LogP contribution < -0.4 is 14.8 Å². The van der Waals surface area contributed by atoms with Crippen LogP contribution in [0.1, 0.15) is 27.0 Å². The number of nitrogens with zero attached hydrogens (tertiary/aromatic N) is 1. The molecule has 0 radical (unpaired) electrons. The first-order chi connectivity index (χ1) is 16.8. The first kappa shape index (κ1) is 25.8. The molecule has 3 aromatic carbocycles. The van der Waals surface area contributed by atoms with Crippen molar-refractivity contribution >= 4 is 46.2 Å². The number of nitriles is 1. The van der Waals surface area contributed by atoms with Gasteiger partial charge in [0, 0.05) is 5.69 Å². The third kappa shape index (κ3) is 6.83. The molecule has 0 saturated heterocycles. The summed E-state index contributed by atoms with van der Waals surface area (Å²) in [6.07, 6.45) is 1.48. The predicted octanol–water partition coefficient (Wildman–Crippen LogP) is 5.52. The summed E-state index contributed by atoms with van der Waals surface area (Å²) in [6.45, 7) is 2.40. The zero-order valence-electron chi connectivity index (χ0n) is 19.4. The lowest BCUT2D eigenvalue weighted by Crippen LogP contribution is -2.13. The Hall–Kier alpha value is -3.84. The van der Waals surface area contributed by atoms with E-state index in [-0.39, 0.29) is 5.57 Å². The zero-order chi connectivity index (χ0) is 25.4. The van der Waals surface area contributed by atoms with Crippen molar-refractivity contribution in [2.24, 2.45) is 0 Å². The number of anilines is 1. The minimum atomic E-state index is -0.577. The number of carbonyl (C=O) groups excluding carboxylic acids is 2. The zero-order valence-corrected chi connectivity index (χ0v) is 21.6. The molecule has 0 fully saturated rings. The van der Waals surface area contributed by atoms with Crippen LogP contribution in [0.3, 0.4) is 0 Å². The van der Waals surface area contributed by atoms with Gasteiger partial charge in [-0.3, -0.25) is 4.79 Å². The molecule has 8 heteroatoms. The molecule has 0 atom stereocenters. The molecule has 0 aliphatic carbocycles. The van der Waals surface area contributed by atoms with Crippen molar-refractivity contribution in [1.29, 1.82) is 5.26 Å². The Bertz CT molecular complexity index is 1290. The molecule has 1 amide bonds. The summed E-state index contributed by atoms with van der Waals surface area (Å²) in [5.41, 5.74) is 3.52. The van der Waals surface area contributed by atoms with Crippen LogP contribution in [0.25, 0.3) is 6.08 Å². The van der Waals surface area contributed by atoms with Crippen molar-refractivity contribution < 1.29 is 23.8 Å². The molecule has 0 saturated carbocycles. The number of carbonyl (C=O) groups is 2. The lowest BCUT2D eigenvalue weighted by atomic mass is 10.1. The molecule has 3 aromatic rings. The molecule has 0 spiro atoms. The first-order valence-corrected chi connectivity index (χ1v) is 11.6. The smallest absolute Gasteiger partial charge is 0.337 e. The van der Waals surface area contributed by atoms with Gasteiger partial charge in [-0.15, -0.1) is 0 Å². The summed E-state index contributed by atoms with van der Waals surface area (Å²) in [6, 6.07) is 19.7. The van der Waals surface area contributed by atoms with Crippen LogP contribution in [0.15, 0.2) is 66.2 Å². The standard InChI is InChI=1S/C27H23IN2O5/c1-17-4-6-18(7-5-17)16-35-25-23(28)13-19(14-24(25)33-2)12-21(15-29)26(31)30-22-10-8-20(9-11-22)27(32)34-3/h4-14H,16H2,1-3H3,(H,30,31)/b21-12+. The first-order valence-electron chi connectivity index (χ1n) is 10.5. The second kappa shape index (κ2) is 12.0. The number of ether oxygens (including phenoxy) is 3. The Balaban J connectivity index is 1.77. The van der Waals surface area contributed by atoms with Crippen LogP contribution in [0.2, 0.25) is 0 Å². The monoisotopic (exact) mass is 582 g/mol. The van der Waals surface area contributed by atoms with Crippen molar-refractivity contribution in [3.05, 3.63) is 92.1 Å². The molecule has 0 aliphatic rings. The maximum absolute atomic E-state index is 12.7. The molecule has 0 bridgehead atoms. The van der Waals surface area contributed by atoms with Crippen LogP contribution in [0.5, 0.6) is 11.5 Å². The Kier molecular flexibility index (Phi) is 8.86. The Morgan fingerprint density at radius 1 is 1.06 bits per heavy atom. The van der Waals surface area contributed by atoms with E-state index in [4.69, 9.17) is 9.47 Å². The summed E-state index contributed by atoms with van der Waals surface area (Å²) in [5, 5.41) is 12.2. The van der Waals surface area contributed by atoms with E-state index < -0.39 is 11.9 Å². The van der Waals surface area contributed by atoms with Crippen molar-refractivity contribution in [2.75, 3.05) is 19.5 Å². The molecular formula is C27H23IN2O5. The molecule has 1 N–H and O–H groups in total. The summed E-state index contributed by atoms with van der Waals surface area (Å²) in [7, 11) is 2.83. The van der Waals surface area contributed by atoms with Crippen molar-refractivity contribution in [2.45, 2.75) is 13.5 Å². The highest BCUT2D eigenvalue weighted by molar-refractivity contribution is 14.1. The van der Waals surface area contributed by atoms with Gasteiger partial charge in [0.25, 0.3) is 5.91 Å². The van der Waals surface area contributed by atoms with E-state index in [1.807, 2.05) is 43.3 Å². The fourth-order valence-corrected chi connectivity index (χ4v) is 3.91. The Labute approximate surface area is 217 Å². The number of hydrogen-bond acceptors (Lipinski definition) is 6. The number of hydrogen-bond donors (Lipinski definition) is 1. The highest BCUT2D eigenvalue weighted by Gasteiger charge is 2.15. The van der Waals surface area contributed by atoms with Gasteiger partial charge in [-0.05, 0) is 83.1 Å². The number of methoxy groups -OCH3 is 2. The molecule has 0 unspecified atom stereocenters. The van der Waals surface area contributed by atoms with Gasteiger partial charge < -0.3 is 19.5 Å². The quantitative estimate of drug-likeness (QED) is 0.163. The number of nitrogens with one attached hydrogen (secondary N) is 1. The summed E-state index contributed by atoms with van der Waals surface area (Å²) >= 11 is 2.13. The Morgan fingerprint density at radius 2 is 1.74 bits per heavy atom. The molecule has 35 heavy (non-hydrogen) atoms. The van der Waals surface area contributed by atoms with Gasteiger partial charge in [-0.1, -0.05) is 29.8 Å². The van der Waals surface area contributed by atoms with E-state index in [0.29, 0.717) is 34.9 Å². The number of amides is 1. The highest BCUT2D eigenvalue weighted by Crippen LogP contribution is 2.35. The normalized spacial score (nSPS) is 10.8. The van der Waals surface area contributed by atoms with Crippen LogP contribution in [-0.2, 0) is 16.1 Å². The largest absolute Gasteiger partial charge is 0.493 e. The fourth-order valence-electron chi connectivity index (χ4n) is 3.12. The maximum Gasteiger partial charge on any atom is 0.337 e. The number of esters is 1. The minimum absolute atomic E-state index is 0.0896. The van der Waals surface area contributed by atoms with Gasteiger partial charge in [-0.2, -0.15) is 5.26 Å². The Morgan fingerprint density at radius 3 is 2.34 bits per heavy atom. The minimum Gasteiger partial charge on any atom is -0.493 e. The average molecular weight is 582 g/mol. The van der Waals surface area contributed by atoms with E-state index in [2.05, 4.69) is 32.6 Å². The van der Waals surface area contributed by atoms with Crippen molar-refractivity contribution in [1.82, 2.24) is 0 Å². The molecule has 0 aromatic heterocycles. The lowest BCUT2D eigenvalue weighted by Gasteiger charge is -2.14. The van der Waals surface area contributed by atoms with Crippen molar-refractivity contribution in [3.8, 4) is 17.6 Å².